The molecule has 2 aliphatic heterocycles. The summed E-state index contributed by atoms with van der Waals surface area (Å²) in [5.74, 6) is 1.20. The lowest BCUT2D eigenvalue weighted by atomic mass is 10.1. The molecule has 1 saturated heterocycles. The molecule has 29 heavy (non-hydrogen) atoms. The summed E-state index contributed by atoms with van der Waals surface area (Å²) in [5, 5.41) is 4.08. The van der Waals surface area contributed by atoms with Gasteiger partial charge in [0.1, 0.15) is 6.33 Å². The molecule has 1 fully saturated rings. The van der Waals surface area contributed by atoms with E-state index < -0.39 is 0 Å². The first-order valence-electron chi connectivity index (χ1n) is 10.1. The highest BCUT2D eigenvalue weighted by molar-refractivity contribution is 5.96. The van der Waals surface area contributed by atoms with Gasteiger partial charge in [-0.1, -0.05) is 31.1 Å². The van der Waals surface area contributed by atoms with Crippen molar-refractivity contribution in [1.82, 2.24) is 24.6 Å². The molecule has 2 aliphatic rings. The number of amides is 2. The summed E-state index contributed by atoms with van der Waals surface area (Å²) in [6.45, 7) is 7.68. The van der Waals surface area contributed by atoms with E-state index in [1.807, 2.05) is 59.4 Å². The summed E-state index contributed by atoms with van der Waals surface area (Å²) in [5.41, 5.74) is 3.33. The van der Waals surface area contributed by atoms with Gasteiger partial charge in [0.2, 0.25) is 0 Å². The average Bonchev–Trinajstić information content (AvgIpc) is 3.47. The fraction of sp³-hybridized carbons (Fsp3) is 0.429. The highest BCUT2D eigenvalue weighted by Crippen LogP contribution is 2.42. The molecular weight excluding hydrogens is 368 g/mol. The van der Waals surface area contributed by atoms with Crippen LogP contribution in [0.25, 0.3) is 17.3 Å². The number of fused-ring (bicyclic) bond motifs is 3. The van der Waals surface area contributed by atoms with Crippen molar-refractivity contribution in [3.05, 3.63) is 42.1 Å². The second-order valence-electron chi connectivity index (χ2n) is 7.97. The van der Waals surface area contributed by atoms with Crippen molar-refractivity contribution < 1.29 is 9.32 Å². The highest BCUT2D eigenvalue weighted by Gasteiger charge is 2.38. The number of carbonyl (C=O) groups excluding carboxylic acids is 1. The fourth-order valence-corrected chi connectivity index (χ4v) is 4.21. The number of imidazole rings is 1. The van der Waals surface area contributed by atoms with Gasteiger partial charge in [-0.05, 0) is 31.9 Å². The number of urea groups is 1. The average molecular weight is 392 g/mol. The third-order valence-corrected chi connectivity index (χ3v) is 5.73. The maximum absolute atomic E-state index is 13.4. The van der Waals surface area contributed by atoms with Crippen LogP contribution in [0, 0.1) is 0 Å². The van der Waals surface area contributed by atoms with Crippen LogP contribution in [0.2, 0.25) is 0 Å². The zero-order valence-corrected chi connectivity index (χ0v) is 16.9. The lowest BCUT2D eigenvalue weighted by Gasteiger charge is -2.38. The van der Waals surface area contributed by atoms with Crippen molar-refractivity contribution in [3.63, 3.8) is 0 Å². The Kier molecular flexibility index (Phi) is 4.15. The quantitative estimate of drug-likeness (QED) is 0.655. The molecule has 0 unspecified atom stereocenters. The number of rotatable bonds is 2. The van der Waals surface area contributed by atoms with Crippen LogP contribution in [0.3, 0.4) is 0 Å². The lowest BCUT2D eigenvalue weighted by Crippen LogP contribution is -2.45. The van der Waals surface area contributed by atoms with Crippen molar-refractivity contribution in [3.8, 4) is 17.3 Å². The van der Waals surface area contributed by atoms with Crippen molar-refractivity contribution >= 4 is 11.7 Å². The van der Waals surface area contributed by atoms with E-state index in [-0.39, 0.29) is 18.0 Å². The molecule has 0 saturated carbocycles. The first kappa shape index (κ1) is 17.9. The van der Waals surface area contributed by atoms with Crippen LogP contribution in [-0.4, -0.2) is 43.7 Å². The van der Waals surface area contributed by atoms with Gasteiger partial charge < -0.3 is 9.42 Å². The molecule has 150 valence electrons. The number of hydrogen-bond donors (Lipinski definition) is 0. The minimum atomic E-state index is -0.218. The third-order valence-electron chi connectivity index (χ3n) is 5.73. The molecule has 0 spiro atoms. The van der Waals surface area contributed by atoms with Gasteiger partial charge in [0.05, 0.1) is 23.1 Å². The van der Waals surface area contributed by atoms with E-state index in [0.29, 0.717) is 17.4 Å². The van der Waals surface area contributed by atoms with Gasteiger partial charge in [0.15, 0.2) is 11.5 Å². The molecule has 1 aromatic carbocycles. The minimum Gasteiger partial charge on any atom is -0.332 e. The van der Waals surface area contributed by atoms with Gasteiger partial charge in [0.25, 0.3) is 5.89 Å². The molecule has 1 atom stereocenters. The summed E-state index contributed by atoms with van der Waals surface area (Å²) >= 11 is 0. The first-order valence-corrected chi connectivity index (χ1v) is 10.1. The second-order valence-corrected chi connectivity index (χ2v) is 7.97. The Morgan fingerprint density at radius 2 is 1.90 bits per heavy atom. The Hall–Kier alpha value is -3.16. The first-order chi connectivity index (χ1) is 14.1. The number of aromatic nitrogens is 4. The molecule has 8 nitrogen and oxygen atoms in total. The molecule has 5 rings (SSSR count). The van der Waals surface area contributed by atoms with Gasteiger partial charge in [-0.3, -0.25) is 9.47 Å². The maximum atomic E-state index is 13.4. The van der Waals surface area contributed by atoms with E-state index in [1.54, 1.807) is 6.33 Å². The number of likely N-dealkylation sites (tertiary alicyclic amines) is 1. The topological polar surface area (TPSA) is 80.3 Å². The number of anilines is 1. The Balaban J connectivity index is 1.64. The predicted molar refractivity (Wildman–Crippen MR) is 108 cm³/mol. The van der Waals surface area contributed by atoms with Gasteiger partial charge in [-0.2, -0.15) is 4.98 Å². The summed E-state index contributed by atoms with van der Waals surface area (Å²) < 4.78 is 7.55. The number of hydrogen-bond acceptors (Lipinski definition) is 5. The van der Waals surface area contributed by atoms with Crippen molar-refractivity contribution in [2.45, 2.75) is 45.6 Å². The predicted octanol–water partition coefficient (Wildman–Crippen LogP) is 4.14. The van der Waals surface area contributed by atoms with Crippen LogP contribution in [-0.2, 0) is 0 Å². The summed E-state index contributed by atoms with van der Waals surface area (Å²) in [6.07, 6.45) is 3.88. The summed E-state index contributed by atoms with van der Waals surface area (Å²) in [6, 6.07) is 7.75. The molecule has 0 aliphatic carbocycles. The number of nitrogens with zero attached hydrogens (tertiary/aromatic N) is 6. The molecule has 3 aromatic rings. The van der Waals surface area contributed by atoms with Gasteiger partial charge in [0, 0.05) is 19.0 Å². The van der Waals surface area contributed by atoms with Gasteiger partial charge >= 0.3 is 6.03 Å². The van der Waals surface area contributed by atoms with Crippen LogP contribution >= 0.6 is 0 Å². The summed E-state index contributed by atoms with van der Waals surface area (Å²) in [4.78, 5) is 26.4. The molecular formula is C21H24N6O2. The second kappa shape index (κ2) is 6.72. The zero-order chi connectivity index (χ0) is 20.1. The Morgan fingerprint density at radius 3 is 2.59 bits per heavy atom. The fourth-order valence-electron chi connectivity index (χ4n) is 4.21. The molecule has 0 bridgehead atoms. The Morgan fingerprint density at radius 1 is 1.17 bits per heavy atom. The highest BCUT2D eigenvalue weighted by atomic mass is 16.5. The Bertz CT molecular complexity index is 1060. The SMILES string of the molecule is CC(C)c1noc(-c2ncn3c2[C@H](C)N(C(=O)N2CCCC2)c2ccccc2-3)n1. The largest absolute Gasteiger partial charge is 0.332 e. The van der Waals surface area contributed by atoms with Crippen LogP contribution in [0.4, 0.5) is 10.5 Å². The van der Waals surface area contributed by atoms with Crippen molar-refractivity contribution in [2.75, 3.05) is 18.0 Å². The van der Waals surface area contributed by atoms with Crippen molar-refractivity contribution in [1.29, 1.82) is 0 Å². The molecule has 2 aromatic heterocycles. The maximum Gasteiger partial charge on any atom is 0.325 e. The van der Waals surface area contributed by atoms with Crippen molar-refractivity contribution in [2.24, 2.45) is 0 Å². The molecule has 8 heteroatoms. The molecule has 0 N–H and O–H groups in total. The lowest BCUT2D eigenvalue weighted by molar-refractivity contribution is 0.213. The van der Waals surface area contributed by atoms with E-state index in [4.69, 9.17) is 4.52 Å². The molecule has 4 heterocycles. The minimum absolute atomic E-state index is 0.0363. The van der Waals surface area contributed by atoms with E-state index >= 15 is 0 Å². The molecule has 0 radical (unpaired) electrons. The number of para-hydroxylation sites is 2. The van der Waals surface area contributed by atoms with E-state index in [1.165, 1.54) is 0 Å². The smallest absolute Gasteiger partial charge is 0.325 e. The van der Waals surface area contributed by atoms with Crippen LogP contribution in [0.15, 0.2) is 35.1 Å². The van der Waals surface area contributed by atoms with Gasteiger partial charge in [-0.15, -0.1) is 0 Å². The normalized spacial score (nSPS) is 18.3. The van der Waals surface area contributed by atoms with E-state index in [0.717, 1.165) is 43.0 Å². The molecule has 2 amide bonds. The van der Waals surface area contributed by atoms with E-state index in [2.05, 4.69) is 15.1 Å². The standard InChI is InChI=1S/C21H24N6O2/c1-13(2)19-23-20(29-24-19)17-18-14(3)27(21(28)25-10-6-7-11-25)16-9-5-4-8-15(16)26(18)12-22-17/h4-5,8-9,12-14H,6-7,10-11H2,1-3H3/t14-/m0/s1. The van der Waals surface area contributed by atoms with Gasteiger partial charge in [-0.25, -0.2) is 9.78 Å². The third kappa shape index (κ3) is 2.73. The van der Waals surface area contributed by atoms with E-state index in [9.17, 15) is 4.79 Å². The summed E-state index contributed by atoms with van der Waals surface area (Å²) in [7, 11) is 0. The zero-order valence-electron chi connectivity index (χ0n) is 16.9. The monoisotopic (exact) mass is 392 g/mol. The van der Waals surface area contributed by atoms with Crippen LogP contribution in [0.1, 0.15) is 57.1 Å². The number of benzene rings is 1. The van der Waals surface area contributed by atoms with Crippen LogP contribution < -0.4 is 4.90 Å². The number of carbonyl (C=O) groups is 1. The Labute approximate surface area is 169 Å². The van der Waals surface area contributed by atoms with Crippen LogP contribution in [0.5, 0.6) is 0 Å².